The maximum absolute atomic E-state index is 12.4. The number of fused-ring (bicyclic) bond motifs is 1. The molecule has 4 rings (SSSR count). The molecule has 182 valence electrons. The number of esters is 1. The van der Waals surface area contributed by atoms with E-state index in [2.05, 4.69) is 15.5 Å². The molecule has 0 fully saturated rings. The number of non-ortho nitro benzene ring substituents is 1. The van der Waals surface area contributed by atoms with Crippen LogP contribution in [0.1, 0.15) is 15.9 Å². The minimum atomic E-state index is -0.692. The van der Waals surface area contributed by atoms with Gasteiger partial charge >= 0.3 is 5.97 Å². The molecule has 10 nitrogen and oxygen atoms in total. The second-order valence-electron chi connectivity index (χ2n) is 7.13. The molecule has 1 aromatic heterocycles. The van der Waals surface area contributed by atoms with Crippen LogP contribution in [0.25, 0.3) is 10.2 Å². The van der Waals surface area contributed by atoms with Crippen LogP contribution < -0.4 is 14.9 Å². The first-order valence-electron chi connectivity index (χ1n) is 10.4. The summed E-state index contributed by atoms with van der Waals surface area (Å²) in [5, 5.41) is 14.7. The minimum absolute atomic E-state index is 0.129. The summed E-state index contributed by atoms with van der Waals surface area (Å²) in [6.45, 7) is 0. The van der Waals surface area contributed by atoms with Gasteiger partial charge in [-0.1, -0.05) is 23.9 Å². The maximum atomic E-state index is 12.4. The largest absolute Gasteiger partial charge is 0.493 e. The Morgan fingerprint density at radius 1 is 1.14 bits per heavy atom. The van der Waals surface area contributed by atoms with Gasteiger partial charge < -0.3 is 9.47 Å². The lowest BCUT2D eigenvalue weighted by atomic mass is 10.2. The van der Waals surface area contributed by atoms with Gasteiger partial charge in [0.25, 0.3) is 11.6 Å². The van der Waals surface area contributed by atoms with Gasteiger partial charge in [0, 0.05) is 12.1 Å². The highest BCUT2D eigenvalue weighted by atomic mass is 32.2. The van der Waals surface area contributed by atoms with Crippen molar-refractivity contribution >= 4 is 57.1 Å². The van der Waals surface area contributed by atoms with E-state index in [9.17, 15) is 19.7 Å². The van der Waals surface area contributed by atoms with E-state index in [1.165, 1.54) is 66.8 Å². The number of nitrogens with zero attached hydrogens (tertiary/aromatic N) is 3. The lowest BCUT2D eigenvalue weighted by molar-refractivity contribution is -0.384. The van der Waals surface area contributed by atoms with E-state index in [-0.39, 0.29) is 34.4 Å². The Kier molecular flexibility index (Phi) is 7.88. The molecular formula is C24H18N4O6S2. The van der Waals surface area contributed by atoms with Crippen LogP contribution in [0.2, 0.25) is 0 Å². The fraction of sp³-hybridized carbons (Fsp3) is 0.0833. The predicted octanol–water partition coefficient (Wildman–Crippen LogP) is 4.67. The van der Waals surface area contributed by atoms with Crippen molar-refractivity contribution in [1.82, 2.24) is 10.4 Å². The number of para-hydroxylation sites is 1. The van der Waals surface area contributed by atoms with Gasteiger partial charge in [-0.3, -0.25) is 14.9 Å². The second-order valence-corrected chi connectivity index (χ2v) is 9.39. The van der Waals surface area contributed by atoms with Crippen LogP contribution in [0, 0.1) is 10.1 Å². The lowest BCUT2D eigenvalue weighted by Crippen LogP contribution is -2.19. The Labute approximate surface area is 213 Å². The molecule has 0 aliphatic heterocycles. The minimum Gasteiger partial charge on any atom is -0.493 e. The Morgan fingerprint density at radius 2 is 1.92 bits per heavy atom. The monoisotopic (exact) mass is 522 g/mol. The van der Waals surface area contributed by atoms with Crippen LogP contribution in [0.15, 0.2) is 76.2 Å². The number of carbonyl (C=O) groups excluding carboxylic acids is 2. The van der Waals surface area contributed by atoms with E-state index in [1.54, 1.807) is 12.1 Å². The van der Waals surface area contributed by atoms with Crippen LogP contribution in [0.4, 0.5) is 5.69 Å². The standard InChI is InChI=1S/C24H18N4O6S2/c1-33-20-12-15(6-11-19(20)34-23(30)16-7-9-17(10-8-16)28(31)32)13-25-27-22(29)14-35-24-26-18-4-2-3-5-21(18)36-24/h2-13H,14H2,1H3,(H,27,29)/b25-13-. The number of thiazole rings is 1. The molecule has 3 aromatic carbocycles. The molecule has 12 heteroatoms. The Balaban J connectivity index is 1.32. The molecule has 0 aliphatic rings. The number of hydrogen-bond acceptors (Lipinski definition) is 10. The SMILES string of the molecule is COc1cc(/C=N\NC(=O)CSc2nc3ccccc3s2)ccc1OC(=O)c1ccc([N+](=O)[O-])cc1. The fourth-order valence-corrected chi connectivity index (χ4v) is 4.84. The smallest absolute Gasteiger partial charge is 0.343 e. The number of amides is 1. The summed E-state index contributed by atoms with van der Waals surface area (Å²) in [6.07, 6.45) is 1.44. The second kappa shape index (κ2) is 11.4. The van der Waals surface area contributed by atoms with Gasteiger partial charge in [0.1, 0.15) is 0 Å². The molecule has 0 radical (unpaired) electrons. The first kappa shape index (κ1) is 24.8. The highest BCUT2D eigenvalue weighted by Gasteiger charge is 2.14. The molecule has 0 atom stereocenters. The van der Waals surface area contributed by atoms with Crippen LogP contribution in [0.3, 0.4) is 0 Å². The lowest BCUT2D eigenvalue weighted by Gasteiger charge is -2.10. The number of hydrazone groups is 1. The highest BCUT2D eigenvalue weighted by Crippen LogP contribution is 2.30. The normalized spacial score (nSPS) is 10.9. The quantitative estimate of drug-likeness (QED) is 0.0837. The van der Waals surface area contributed by atoms with Crippen molar-refractivity contribution in [2.24, 2.45) is 5.10 Å². The van der Waals surface area contributed by atoms with Gasteiger partial charge in [-0.15, -0.1) is 11.3 Å². The molecule has 0 saturated carbocycles. The van der Waals surface area contributed by atoms with E-state index in [1.807, 2.05) is 24.3 Å². The number of nitro benzene ring substituents is 1. The number of ether oxygens (including phenoxy) is 2. The zero-order valence-electron chi connectivity index (χ0n) is 18.7. The van der Waals surface area contributed by atoms with Gasteiger partial charge in [0.05, 0.1) is 39.8 Å². The summed E-state index contributed by atoms with van der Waals surface area (Å²) in [4.78, 5) is 39.2. The number of benzene rings is 3. The molecule has 1 N–H and O–H groups in total. The molecule has 4 aromatic rings. The van der Waals surface area contributed by atoms with Gasteiger partial charge in [-0.05, 0) is 48.0 Å². The van der Waals surface area contributed by atoms with Crippen molar-refractivity contribution in [3.05, 3.63) is 88.0 Å². The number of hydrogen-bond donors (Lipinski definition) is 1. The van der Waals surface area contributed by atoms with E-state index >= 15 is 0 Å². The van der Waals surface area contributed by atoms with E-state index < -0.39 is 10.9 Å². The summed E-state index contributed by atoms with van der Waals surface area (Å²) in [6, 6.07) is 17.6. The van der Waals surface area contributed by atoms with Gasteiger partial charge in [-0.2, -0.15) is 5.10 Å². The first-order chi connectivity index (χ1) is 17.4. The number of nitrogens with one attached hydrogen (secondary N) is 1. The summed E-state index contributed by atoms with van der Waals surface area (Å²) in [5.74, 6) is -0.377. The summed E-state index contributed by atoms with van der Waals surface area (Å²) in [7, 11) is 1.42. The van der Waals surface area contributed by atoms with Crippen LogP contribution >= 0.6 is 23.1 Å². The Bertz CT molecular complexity index is 1420. The van der Waals surface area contributed by atoms with Gasteiger partial charge in [-0.25, -0.2) is 15.2 Å². The average Bonchev–Trinajstić information content (AvgIpc) is 3.31. The topological polar surface area (TPSA) is 133 Å². The number of rotatable bonds is 9. The van der Waals surface area contributed by atoms with Crippen LogP contribution in [0.5, 0.6) is 11.5 Å². The zero-order valence-corrected chi connectivity index (χ0v) is 20.4. The first-order valence-corrected chi connectivity index (χ1v) is 12.2. The van der Waals surface area contributed by atoms with E-state index in [0.29, 0.717) is 5.56 Å². The van der Waals surface area contributed by atoms with Crippen molar-refractivity contribution in [3.63, 3.8) is 0 Å². The van der Waals surface area contributed by atoms with Crippen LogP contribution in [-0.2, 0) is 4.79 Å². The summed E-state index contributed by atoms with van der Waals surface area (Å²) in [5.41, 5.74) is 3.99. The predicted molar refractivity (Wildman–Crippen MR) is 137 cm³/mol. The van der Waals surface area contributed by atoms with Gasteiger partial charge in [0.15, 0.2) is 15.8 Å². The summed E-state index contributed by atoms with van der Waals surface area (Å²) < 4.78 is 12.5. The molecule has 1 heterocycles. The maximum Gasteiger partial charge on any atom is 0.343 e. The Hall–Kier alpha value is -4.29. The van der Waals surface area contributed by atoms with Crippen molar-refractivity contribution in [1.29, 1.82) is 0 Å². The molecule has 0 spiro atoms. The number of aromatic nitrogens is 1. The number of carbonyl (C=O) groups is 2. The number of methoxy groups -OCH3 is 1. The average molecular weight is 523 g/mol. The van der Waals surface area contributed by atoms with E-state index in [0.717, 1.165) is 14.6 Å². The molecule has 1 amide bonds. The fourth-order valence-electron chi connectivity index (χ4n) is 2.98. The third-order valence-electron chi connectivity index (χ3n) is 4.71. The third-order valence-corrected chi connectivity index (χ3v) is 6.89. The molecular weight excluding hydrogens is 504 g/mol. The molecule has 0 aliphatic carbocycles. The number of nitro groups is 1. The number of thioether (sulfide) groups is 1. The third kappa shape index (κ3) is 6.23. The van der Waals surface area contributed by atoms with Crippen molar-refractivity contribution in [2.45, 2.75) is 4.34 Å². The van der Waals surface area contributed by atoms with Crippen molar-refractivity contribution in [3.8, 4) is 11.5 Å². The summed E-state index contributed by atoms with van der Waals surface area (Å²) >= 11 is 2.86. The molecule has 0 saturated heterocycles. The van der Waals surface area contributed by atoms with E-state index in [4.69, 9.17) is 9.47 Å². The Morgan fingerprint density at radius 3 is 2.64 bits per heavy atom. The highest BCUT2D eigenvalue weighted by molar-refractivity contribution is 8.01. The molecule has 0 bridgehead atoms. The van der Waals surface area contributed by atoms with Crippen LogP contribution in [-0.4, -0.2) is 40.9 Å². The van der Waals surface area contributed by atoms with Crippen molar-refractivity contribution in [2.75, 3.05) is 12.9 Å². The molecule has 0 unspecified atom stereocenters. The van der Waals surface area contributed by atoms with Crippen molar-refractivity contribution < 1.29 is 24.0 Å². The van der Waals surface area contributed by atoms with Gasteiger partial charge in [0.2, 0.25) is 0 Å². The zero-order chi connectivity index (χ0) is 25.5. The molecule has 36 heavy (non-hydrogen) atoms.